The van der Waals surface area contributed by atoms with E-state index in [9.17, 15) is 5.11 Å². The Morgan fingerprint density at radius 2 is 1.33 bits per heavy atom. The monoisotopic (exact) mass is 294 g/mol. The van der Waals surface area contributed by atoms with Crippen LogP contribution in [-0.2, 0) is 5.60 Å². The second-order valence-electron chi connectivity index (χ2n) is 6.25. The number of hydrogen-bond donors (Lipinski definition) is 1. The summed E-state index contributed by atoms with van der Waals surface area (Å²) in [7, 11) is 0. The molecule has 0 radical (unpaired) electrons. The van der Waals surface area contributed by atoms with Crippen LogP contribution in [0.2, 0.25) is 0 Å². The predicted molar refractivity (Wildman–Crippen MR) is 96.6 cm³/mol. The molecule has 1 N–H and O–H groups in total. The second kappa shape index (κ2) is 10.8. The number of benzene rings is 1. The number of rotatable bonds is 5. The van der Waals surface area contributed by atoms with Crippen molar-refractivity contribution >= 4 is 0 Å². The fourth-order valence-corrected chi connectivity index (χ4v) is 2.05. The van der Waals surface area contributed by atoms with Gasteiger partial charge in [-0.1, -0.05) is 92.1 Å². The summed E-state index contributed by atoms with van der Waals surface area (Å²) < 4.78 is 0. The molecule has 0 saturated carbocycles. The average molecular weight is 295 g/mol. The van der Waals surface area contributed by atoms with Gasteiger partial charge in [-0.15, -0.1) is 0 Å². The third-order valence-electron chi connectivity index (χ3n) is 4.00. The van der Waals surface area contributed by atoms with Crippen molar-refractivity contribution < 1.29 is 5.11 Å². The minimum atomic E-state index is -0.775. The molecule has 0 aliphatic heterocycles. The van der Waals surface area contributed by atoms with Gasteiger partial charge >= 0.3 is 0 Å². The SMILES string of the molecule is CC.CC.CC(C)CCC(C)(C)C(C)(O)c1ccccc1. The molecule has 21 heavy (non-hydrogen) atoms. The first kappa shape index (κ1) is 22.5. The molecule has 1 heteroatoms. The van der Waals surface area contributed by atoms with Crippen molar-refractivity contribution in [3.05, 3.63) is 35.9 Å². The Labute approximate surface area is 133 Å². The molecule has 1 atom stereocenters. The zero-order valence-electron chi connectivity index (χ0n) is 15.8. The van der Waals surface area contributed by atoms with E-state index in [0.29, 0.717) is 5.92 Å². The van der Waals surface area contributed by atoms with Gasteiger partial charge in [-0.2, -0.15) is 0 Å². The Morgan fingerprint density at radius 3 is 1.71 bits per heavy atom. The van der Waals surface area contributed by atoms with Gasteiger partial charge in [0.05, 0.1) is 5.60 Å². The Morgan fingerprint density at radius 1 is 0.905 bits per heavy atom. The molecule has 0 amide bonds. The highest BCUT2D eigenvalue weighted by atomic mass is 16.3. The normalized spacial score (nSPS) is 13.5. The molecule has 1 nitrogen and oxygen atoms in total. The smallest absolute Gasteiger partial charge is 0.0919 e. The Hall–Kier alpha value is -0.820. The van der Waals surface area contributed by atoms with Gasteiger partial charge in [0.2, 0.25) is 0 Å². The van der Waals surface area contributed by atoms with Crippen molar-refractivity contribution in [2.24, 2.45) is 11.3 Å². The largest absolute Gasteiger partial charge is 0.385 e. The molecular weight excluding hydrogens is 256 g/mol. The van der Waals surface area contributed by atoms with Crippen molar-refractivity contribution in [3.63, 3.8) is 0 Å². The summed E-state index contributed by atoms with van der Waals surface area (Å²) >= 11 is 0. The van der Waals surface area contributed by atoms with Crippen LogP contribution in [0.5, 0.6) is 0 Å². The Balaban J connectivity index is 0. The molecule has 0 spiro atoms. The van der Waals surface area contributed by atoms with E-state index in [2.05, 4.69) is 27.7 Å². The molecule has 0 aliphatic rings. The molecule has 1 rings (SSSR count). The van der Waals surface area contributed by atoms with E-state index >= 15 is 0 Å². The molecule has 0 saturated heterocycles. The van der Waals surface area contributed by atoms with Crippen LogP contribution in [-0.4, -0.2) is 5.11 Å². The van der Waals surface area contributed by atoms with E-state index in [1.807, 2.05) is 65.0 Å². The Kier molecular flexibility index (Phi) is 11.6. The molecule has 0 aliphatic carbocycles. The molecule has 1 aromatic carbocycles. The maximum Gasteiger partial charge on any atom is 0.0919 e. The van der Waals surface area contributed by atoms with E-state index in [1.54, 1.807) is 0 Å². The molecule has 124 valence electrons. The average Bonchev–Trinajstić information content (AvgIpc) is 2.50. The first-order valence-corrected chi connectivity index (χ1v) is 8.55. The highest BCUT2D eigenvalue weighted by Gasteiger charge is 2.40. The third kappa shape index (κ3) is 7.13. The van der Waals surface area contributed by atoms with Gasteiger partial charge < -0.3 is 5.11 Å². The summed E-state index contributed by atoms with van der Waals surface area (Å²) in [5, 5.41) is 10.8. The fraction of sp³-hybridized carbons (Fsp3) is 0.700. The van der Waals surface area contributed by atoms with Gasteiger partial charge in [0.15, 0.2) is 0 Å². The third-order valence-corrected chi connectivity index (χ3v) is 4.00. The summed E-state index contributed by atoms with van der Waals surface area (Å²) in [5.41, 5.74) is 0.121. The maximum absolute atomic E-state index is 10.8. The van der Waals surface area contributed by atoms with E-state index < -0.39 is 5.60 Å². The van der Waals surface area contributed by atoms with Crippen molar-refractivity contribution in [2.75, 3.05) is 0 Å². The van der Waals surface area contributed by atoms with Crippen LogP contribution in [0.4, 0.5) is 0 Å². The van der Waals surface area contributed by atoms with Crippen molar-refractivity contribution in [2.45, 2.75) is 80.8 Å². The predicted octanol–water partition coefficient (Wildman–Crippen LogP) is 6.41. The summed E-state index contributed by atoms with van der Waals surface area (Å²) in [4.78, 5) is 0. The van der Waals surface area contributed by atoms with Crippen LogP contribution >= 0.6 is 0 Å². The standard InChI is InChI=1S/C16H26O.2C2H6/c1-13(2)11-12-15(3,4)16(5,17)14-9-7-6-8-10-14;2*1-2/h6-10,13,17H,11-12H2,1-5H3;2*1-2H3. The van der Waals surface area contributed by atoms with Gasteiger partial charge in [0.25, 0.3) is 0 Å². The fourth-order valence-electron chi connectivity index (χ4n) is 2.05. The zero-order valence-corrected chi connectivity index (χ0v) is 15.8. The van der Waals surface area contributed by atoms with Crippen molar-refractivity contribution in [1.29, 1.82) is 0 Å². The van der Waals surface area contributed by atoms with E-state index in [1.165, 1.54) is 0 Å². The van der Waals surface area contributed by atoms with Crippen LogP contribution in [0.15, 0.2) is 30.3 Å². The summed E-state index contributed by atoms with van der Waals surface area (Å²) in [5.74, 6) is 0.681. The number of hydrogen-bond acceptors (Lipinski definition) is 1. The van der Waals surface area contributed by atoms with Gasteiger partial charge in [-0.05, 0) is 30.2 Å². The lowest BCUT2D eigenvalue weighted by molar-refractivity contribution is -0.0639. The molecular formula is C20H38O. The molecule has 1 unspecified atom stereocenters. The topological polar surface area (TPSA) is 20.2 Å². The summed E-state index contributed by atoms with van der Waals surface area (Å²) in [6.07, 6.45) is 2.18. The molecule has 1 aromatic rings. The van der Waals surface area contributed by atoms with Crippen LogP contribution in [0, 0.1) is 11.3 Å². The van der Waals surface area contributed by atoms with Crippen LogP contribution in [0.3, 0.4) is 0 Å². The molecule has 0 fully saturated rings. The van der Waals surface area contributed by atoms with Gasteiger partial charge in [-0.3, -0.25) is 0 Å². The van der Waals surface area contributed by atoms with E-state index in [0.717, 1.165) is 18.4 Å². The second-order valence-corrected chi connectivity index (χ2v) is 6.25. The van der Waals surface area contributed by atoms with E-state index in [-0.39, 0.29) is 5.41 Å². The van der Waals surface area contributed by atoms with Crippen molar-refractivity contribution in [3.8, 4) is 0 Å². The number of aliphatic hydroxyl groups is 1. The zero-order chi connectivity index (χ0) is 17.1. The molecule has 0 heterocycles. The van der Waals surface area contributed by atoms with Crippen LogP contribution < -0.4 is 0 Å². The highest BCUT2D eigenvalue weighted by molar-refractivity contribution is 5.23. The minimum absolute atomic E-state index is 0.112. The molecule has 0 bridgehead atoms. The lowest BCUT2D eigenvalue weighted by Crippen LogP contribution is -2.39. The van der Waals surface area contributed by atoms with Gasteiger partial charge in [-0.25, -0.2) is 0 Å². The summed E-state index contributed by atoms with van der Waals surface area (Å²) in [6.45, 7) is 18.7. The molecule has 0 aromatic heterocycles. The lowest BCUT2D eigenvalue weighted by atomic mass is 9.69. The van der Waals surface area contributed by atoms with Gasteiger partial charge in [0.1, 0.15) is 0 Å². The maximum atomic E-state index is 10.8. The first-order chi connectivity index (χ1) is 9.77. The Bertz CT molecular complexity index is 336. The van der Waals surface area contributed by atoms with Crippen LogP contribution in [0.1, 0.15) is 80.7 Å². The van der Waals surface area contributed by atoms with Gasteiger partial charge in [0, 0.05) is 0 Å². The minimum Gasteiger partial charge on any atom is -0.385 e. The first-order valence-electron chi connectivity index (χ1n) is 8.55. The van der Waals surface area contributed by atoms with Crippen molar-refractivity contribution in [1.82, 2.24) is 0 Å². The highest BCUT2D eigenvalue weighted by Crippen LogP contribution is 2.43. The lowest BCUT2D eigenvalue weighted by Gasteiger charge is -2.41. The quantitative estimate of drug-likeness (QED) is 0.665. The van der Waals surface area contributed by atoms with E-state index in [4.69, 9.17) is 0 Å². The van der Waals surface area contributed by atoms with Crippen LogP contribution in [0.25, 0.3) is 0 Å². The summed E-state index contributed by atoms with van der Waals surface area (Å²) in [6, 6.07) is 9.99.